The third kappa shape index (κ3) is 4.65. The molecule has 150 valence electrons. The molecule has 3 rings (SSSR count). The van der Waals surface area contributed by atoms with Gasteiger partial charge in [-0.05, 0) is 47.0 Å². The minimum absolute atomic E-state index is 0.157. The molecule has 0 spiro atoms. The average molecular weight is 434 g/mol. The summed E-state index contributed by atoms with van der Waals surface area (Å²) in [4.78, 5) is 26.3. The van der Waals surface area contributed by atoms with Gasteiger partial charge in [0.1, 0.15) is 5.69 Å². The van der Waals surface area contributed by atoms with Crippen LogP contribution in [0.2, 0.25) is 5.02 Å². The molecule has 4 N–H and O–H groups in total. The van der Waals surface area contributed by atoms with Crippen molar-refractivity contribution in [2.45, 2.75) is 0 Å². The SMILES string of the molecule is O=C(O)C(=Cc1c(C(=O)O)[nH]c2cc(Cl)ccc12)c1cccc(NCS(=O)[O-])c1. The molecule has 0 aliphatic heterocycles. The Labute approximate surface area is 172 Å². The van der Waals surface area contributed by atoms with Gasteiger partial charge >= 0.3 is 11.9 Å². The Morgan fingerprint density at radius 1 is 1.21 bits per heavy atom. The smallest absolute Gasteiger partial charge is 0.352 e. The fourth-order valence-corrected chi connectivity index (χ4v) is 3.32. The summed E-state index contributed by atoms with van der Waals surface area (Å²) in [7, 11) is 0. The average Bonchev–Trinajstić information content (AvgIpc) is 3.02. The summed E-state index contributed by atoms with van der Waals surface area (Å²) in [5, 5.41) is 22.8. The lowest BCUT2D eigenvalue weighted by Gasteiger charge is -2.10. The fourth-order valence-electron chi connectivity index (χ4n) is 2.86. The largest absolute Gasteiger partial charge is 0.771 e. The van der Waals surface area contributed by atoms with Gasteiger partial charge in [0.05, 0.1) is 11.4 Å². The molecule has 8 nitrogen and oxygen atoms in total. The summed E-state index contributed by atoms with van der Waals surface area (Å²) in [6.45, 7) is 0. The van der Waals surface area contributed by atoms with Crippen molar-refractivity contribution < 1.29 is 28.6 Å². The van der Waals surface area contributed by atoms with Crippen molar-refractivity contribution in [3.05, 3.63) is 64.3 Å². The number of fused-ring (bicyclic) bond motifs is 1. The lowest BCUT2D eigenvalue weighted by molar-refractivity contribution is -0.130. The van der Waals surface area contributed by atoms with Gasteiger partial charge in [-0.15, -0.1) is 0 Å². The first-order valence-corrected chi connectivity index (χ1v) is 9.78. The van der Waals surface area contributed by atoms with E-state index in [1.54, 1.807) is 30.3 Å². The van der Waals surface area contributed by atoms with Crippen LogP contribution in [0.15, 0.2) is 42.5 Å². The predicted octanol–water partition coefficient (Wildman–Crippen LogP) is 3.39. The van der Waals surface area contributed by atoms with Gasteiger partial charge in [-0.1, -0.05) is 29.8 Å². The maximum Gasteiger partial charge on any atom is 0.352 e. The lowest BCUT2D eigenvalue weighted by atomic mass is 10.0. The first-order chi connectivity index (χ1) is 13.8. The molecule has 10 heteroatoms. The van der Waals surface area contributed by atoms with Crippen LogP contribution in [0.3, 0.4) is 0 Å². The molecule has 29 heavy (non-hydrogen) atoms. The minimum atomic E-state index is -2.32. The zero-order chi connectivity index (χ0) is 21.1. The van der Waals surface area contributed by atoms with Crippen LogP contribution in [0.25, 0.3) is 22.6 Å². The molecule has 3 aromatic rings. The van der Waals surface area contributed by atoms with E-state index in [0.717, 1.165) is 0 Å². The van der Waals surface area contributed by atoms with E-state index in [1.165, 1.54) is 18.2 Å². The summed E-state index contributed by atoms with van der Waals surface area (Å²) in [5.41, 5.74) is 1.01. The second kappa shape index (κ2) is 8.48. The number of aromatic carboxylic acids is 1. The molecule has 1 heterocycles. The molecule has 0 saturated heterocycles. The predicted molar refractivity (Wildman–Crippen MR) is 110 cm³/mol. The molecule has 1 aromatic heterocycles. The van der Waals surface area contributed by atoms with Gasteiger partial charge in [0.15, 0.2) is 0 Å². The van der Waals surface area contributed by atoms with Crippen LogP contribution in [0.5, 0.6) is 0 Å². The molecule has 0 aliphatic carbocycles. The summed E-state index contributed by atoms with van der Waals surface area (Å²) in [6.07, 6.45) is 1.27. The Balaban J connectivity index is 2.15. The van der Waals surface area contributed by atoms with Crippen LogP contribution in [0, 0.1) is 0 Å². The number of benzene rings is 2. The number of anilines is 1. The van der Waals surface area contributed by atoms with Crippen molar-refractivity contribution in [1.29, 1.82) is 0 Å². The quantitative estimate of drug-likeness (QED) is 0.330. The van der Waals surface area contributed by atoms with Crippen molar-refractivity contribution in [2.24, 2.45) is 0 Å². The van der Waals surface area contributed by atoms with Gasteiger partial charge in [0, 0.05) is 27.2 Å². The zero-order valence-electron chi connectivity index (χ0n) is 14.6. The molecule has 0 saturated carbocycles. The highest BCUT2D eigenvalue weighted by Gasteiger charge is 2.19. The first-order valence-electron chi connectivity index (χ1n) is 8.16. The molecular formula is C19H14ClN2O6S-. The van der Waals surface area contributed by atoms with Crippen LogP contribution in [0.1, 0.15) is 21.6 Å². The Bertz CT molecular complexity index is 1170. The number of halogens is 1. The number of aromatic nitrogens is 1. The summed E-state index contributed by atoms with van der Waals surface area (Å²) in [5.74, 6) is -2.85. The van der Waals surface area contributed by atoms with Crippen molar-refractivity contribution in [3.8, 4) is 0 Å². The summed E-state index contributed by atoms with van der Waals surface area (Å²) >= 11 is 3.64. The third-order valence-electron chi connectivity index (χ3n) is 4.10. The highest BCUT2D eigenvalue weighted by atomic mass is 35.5. The Kier molecular flexibility index (Phi) is 6.02. The topological polar surface area (TPSA) is 143 Å². The first kappa shape index (κ1) is 20.6. The summed E-state index contributed by atoms with van der Waals surface area (Å²) < 4.78 is 21.4. The number of hydrogen-bond donors (Lipinski definition) is 4. The van der Waals surface area contributed by atoms with E-state index in [2.05, 4.69) is 10.3 Å². The minimum Gasteiger partial charge on any atom is -0.771 e. The van der Waals surface area contributed by atoms with Crippen LogP contribution in [-0.4, -0.2) is 41.8 Å². The second-order valence-corrected chi connectivity index (χ2v) is 7.31. The molecule has 0 aliphatic rings. The molecule has 1 atom stereocenters. The molecule has 0 amide bonds. The number of aliphatic carboxylic acids is 1. The number of hydrogen-bond acceptors (Lipinski definition) is 5. The van der Waals surface area contributed by atoms with Crippen molar-refractivity contribution in [3.63, 3.8) is 0 Å². The van der Waals surface area contributed by atoms with Gasteiger partial charge in [-0.3, -0.25) is 4.21 Å². The number of carboxylic acid groups (broad SMARTS) is 2. The Morgan fingerprint density at radius 3 is 2.62 bits per heavy atom. The lowest BCUT2D eigenvalue weighted by Crippen LogP contribution is -2.08. The van der Waals surface area contributed by atoms with E-state index < -0.39 is 23.0 Å². The molecule has 0 bridgehead atoms. The van der Waals surface area contributed by atoms with E-state index in [1.807, 2.05) is 0 Å². The van der Waals surface area contributed by atoms with Gasteiger partial charge in [-0.2, -0.15) is 0 Å². The monoisotopic (exact) mass is 433 g/mol. The highest BCUT2D eigenvalue weighted by molar-refractivity contribution is 7.79. The standard InChI is InChI=1S/C19H15ClN2O6S/c20-11-4-5-13-15(17(19(25)26)22-16(13)7-11)8-14(18(23)24)10-2-1-3-12(6-10)21-9-29(27)28/h1-8,21-22H,9H2,(H,23,24)(H,25,26)(H,27,28)/p-1. The number of carbonyl (C=O) groups is 2. The summed E-state index contributed by atoms with van der Waals surface area (Å²) in [6, 6.07) is 10.9. The zero-order valence-corrected chi connectivity index (χ0v) is 16.2. The molecule has 0 fully saturated rings. The molecule has 2 aromatic carbocycles. The van der Waals surface area contributed by atoms with Gasteiger partial charge in [-0.25, -0.2) is 9.59 Å². The Morgan fingerprint density at radius 2 is 1.97 bits per heavy atom. The number of aromatic amines is 1. The number of nitrogens with one attached hydrogen (secondary N) is 2. The number of carboxylic acids is 2. The molecule has 1 unspecified atom stereocenters. The van der Waals surface area contributed by atoms with Crippen molar-refractivity contribution in [1.82, 2.24) is 4.98 Å². The van der Waals surface area contributed by atoms with E-state index >= 15 is 0 Å². The number of rotatable bonds is 7. The third-order valence-corrected chi connectivity index (χ3v) is 4.72. The maximum absolute atomic E-state index is 11.9. The van der Waals surface area contributed by atoms with Crippen LogP contribution >= 0.6 is 11.6 Å². The van der Waals surface area contributed by atoms with E-state index in [4.69, 9.17) is 11.6 Å². The van der Waals surface area contributed by atoms with Gasteiger partial charge in [0.2, 0.25) is 0 Å². The van der Waals surface area contributed by atoms with E-state index in [0.29, 0.717) is 21.6 Å². The normalized spacial score (nSPS) is 12.7. The fraction of sp³-hybridized carbons (Fsp3) is 0.0526. The second-order valence-electron chi connectivity index (χ2n) is 5.98. The molecular weight excluding hydrogens is 420 g/mol. The number of H-pyrrole nitrogens is 1. The molecule has 0 radical (unpaired) electrons. The van der Waals surface area contributed by atoms with Crippen molar-refractivity contribution in [2.75, 3.05) is 11.2 Å². The van der Waals surface area contributed by atoms with E-state index in [-0.39, 0.29) is 28.3 Å². The van der Waals surface area contributed by atoms with Crippen LogP contribution in [0.4, 0.5) is 5.69 Å². The van der Waals surface area contributed by atoms with Gasteiger partial charge < -0.3 is 25.1 Å². The Hall–Kier alpha value is -3.14. The highest BCUT2D eigenvalue weighted by Crippen LogP contribution is 2.30. The van der Waals surface area contributed by atoms with Gasteiger partial charge in [0.25, 0.3) is 0 Å². The maximum atomic E-state index is 11.9. The van der Waals surface area contributed by atoms with Crippen LogP contribution in [-0.2, 0) is 15.9 Å². The van der Waals surface area contributed by atoms with Crippen LogP contribution < -0.4 is 5.32 Å². The van der Waals surface area contributed by atoms with E-state index in [9.17, 15) is 28.6 Å². The van der Waals surface area contributed by atoms with Crippen molar-refractivity contribution >= 4 is 62.9 Å².